The average molecular weight is 348 g/mol. The van der Waals surface area contributed by atoms with Crippen molar-refractivity contribution in [3.63, 3.8) is 0 Å². The molecule has 3 nitrogen and oxygen atoms in total. The van der Waals surface area contributed by atoms with Crippen molar-refractivity contribution in [1.29, 1.82) is 0 Å². The monoisotopic (exact) mass is 347 g/mol. The molecule has 0 unspecified atom stereocenters. The van der Waals surface area contributed by atoms with Crippen molar-refractivity contribution in [2.75, 3.05) is 0 Å². The molecule has 0 aliphatic carbocycles. The second-order valence-corrected chi connectivity index (χ2v) is 6.49. The van der Waals surface area contributed by atoms with Crippen LogP contribution in [0.1, 0.15) is 17.0 Å². The molecule has 0 saturated carbocycles. The third-order valence-corrected chi connectivity index (χ3v) is 4.92. The minimum Gasteiger partial charge on any atom is -0.309 e. The lowest BCUT2D eigenvalue weighted by atomic mass is 10.1. The number of thioether (sulfide) groups is 1. The Morgan fingerprint density at radius 1 is 1.13 bits per heavy atom. The molecule has 3 rings (SSSR count). The van der Waals surface area contributed by atoms with E-state index in [1.807, 2.05) is 29.8 Å². The number of nitrogens with zero attached hydrogens (tertiary/aromatic N) is 3. The summed E-state index contributed by atoms with van der Waals surface area (Å²) in [6, 6.07) is 14.6. The van der Waals surface area contributed by atoms with Gasteiger partial charge in [-0.25, -0.2) is 4.39 Å². The zero-order chi connectivity index (χ0) is 16.2. The normalized spacial score (nSPS) is 10.9. The van der Waals surface area contributed by atoms with Crippen LogP contribution in [0.25, 0.3) is 0 Å². The van der Waals surface area contributed by atoms with E-state index in [0.29, 0.717) is 10.8 Å². The number of hydrogen-bond acceptors (Lipinski definition) is 3. The van der Waals surface area contributed by atoms with Gasteiger partial charge in [-0.15, -0.1) is 10.2 Å². The van der Waals surface area contributed by atoms with Gasteiger partial charge in [0.1, 0.15) is 11.6 Å². The Kier molecular flexibility index (Phi) is 4.98. The van der Waals surface area contributed by atoms with Crippen LogP contribution in [-0.4, -0.2) is 14.8 Å². The molecule has 0 radical (unpaired) electrons. The molecule has 0 amide bonds. The second kappa shape index (κ2) is 7.15. The lowest BCUT2D eigenvalue weighted by Gasteiger charge is -2.05. The van der Waals surface area contributed by atoms with Crippen molar-refractivity contribution in [1.82, 2.24) is 14.8 Å². The van der Waals surface area contributed by atoms with E-state index >= 15 is 0 Å². The molecule has 0 saturated heterocycles. The number of halogens is 2. The van der Waals surface area contributed by atoms with E-state index in [1.165, 1.54) is 29.5 Å². The number of benzene rings is 2. The molecule has 1 heterocycles. The van der Waals surface area contributed by atoms with Crippen LogP contribution in [0.5, 0.6) is 0 Å². The standard InChI is InChI=1S/C17H15ClFN3S/c1-22-16(9-12-5-3-2-4-6-12)20-21-17(22)23-11-13-7-8-14(19)10-15(13)18/h2-8,10H,9,11H2,1H3. The summed E-state index contributed by atoms with van der Waals surface area (Å²) in [7, 11) is 1.95. The van der Waals surface area contributed by atoms with Gasteiger partial charge in [-0.2, -0.15) is 0 Å². The van der Waals surface area contributed by atoms with E-state index in [2.05, 4.69) is 22.3 Å². The third-order valence-electron chi connectivity index (χ3n) is 3.50. The Bertz CT molecular complexity index is 805. The molecule has 0 aliphatic heterocycles. The van der Waals surface area contributed by atoms with Crippen LogP contribution in [0, 0.1) is 5.82 Å². The average Bonchev–Trinajstić information content (AvgIpc) is 2.88. The van der Waals surface area contributed by atoms with Gasteiger partial charge < -0.3 is 4.57 Å². The Morgan fingerprint density at radius 3 is 2.65 bits per heavy atom. The lowest BCUT2D eigenvalue weighted by Crippen LogP contribution is -2.00. The third kappa shape index (κ3) is 3.92. The molecule has 0 atom stereocenters. The van der Waals surface area contributed by atoms with Crippen LogP contribution < -0.4 is 0 Å². The minimum absolute atomic E-state index is 0.326. The molecule has 23 heavy (non-hydrogen) atoms. The topological polar surface area (TPSA) is 30.7 Å². The second-order valence-electron chi connectivity index (χ2n) is 5.14. The fraction of sp³-hybridized carbons (Fsp3) is 0.176. The zero-order valence-electron chi connectivity index (χ0n) is 12.5. The molecular formula is C17H15ClFN3S. The van der Waals surface area contributed by atoms with Crippen LogP contribution >= 0.6 is 23.4 Å². The van der Waals surface area contributed by atoms with Crippen LogP contribution in [0.2, 0.25) is 5.02 Å². The number of rotatable bonds is 5. The van der Waals surface area contributed by atoms with Crippen molar-refractivity contribution >= 4 is 23.4 Å². The highest BCUT2D eigenvalue weighted by molar-refractivity contribution is 7.98. The van der Waals surface area contributed by atoms with Gasteiger partial charge in [0.25, 0.3) is 0 Å². The predicted octanol–water partition coefficient (Wildman–Crippen LogP) is 4.49. The molecule has 0 N–H and O–H groups in total. The van der Waals surface area contributed by atoms with E-state index in [9.17, 15) is 4.39 Å². The SMILES string of the molecule is Cn1c(Cc2ccccc2)nnc1SCc1ccc(F)cc1Cl. The highest BCUT2D eigenvalue weighted by atomic mass is 35.5. The van der Waals surface area contributed by atoms with Gasteiger partial charge in [-0.1, -0.05) is 59.8 Å². The molecule has 0 aliphatic rings. The smallest absolute Gasteiger partial charge is 0.191 e. The van der Waals surface area contributed by atoms with E-state index < -0.39 is 0 Å². The molecule has 3 aromatic rings. The number of hydrogen-bond donors (Lipinski definition) is 0. The maximum atomic E-state index is 13.1. The summed E-state index contributed by atoms with van der Waals surface area (Å²) in [6.07, 6.45) is 0.738. The van der Waals surface area contributed by atoms with Gasteiger partial charge in [0.05, 0.1) is 0 Å². The minimum atomic E-state index is -0.326. The first-order valence-electron chi connectivity index (χ1n) is 7.12. The summed E-state index contributed by atoms with van der Waals surface area (Å²) in [5.41, 5.74) is 2.08. The molecular weight excluding hydrogens is 333 g/mol. The molecule has 6 heteroatoms. The van der Waals surface area contributed by atoms with E-state index in [4.69, 9.17) is 11.6 Å². The first-order valence-corrected chi connectivity index (χ1v) is 8.49. The molecule has 0 fully saturated rings. The highest BCUT2D eigenvalue weighted by Gasteiger charge is 2.11. The first-order chi connectivity index (χ1) is 11.1. The van der Waals surface area contributed by atoms with Crippen molar-refractivity contribution in [2.24, 2.45) is 7.05 Å². The lowest BCUT2D eigenvalue weighted by molar-refractivity contribution is 0.627. The summed E-state index contributed by atoms with van der Waals surface area (Å²) < 4.78 is 15.0. The molecule has 1 aromatic heterocycles. The Hall–Kier alpha value is -1.85. The maximum absolute atomic E-state index is 13.1. The van der Waals surface area contributed by atoms with Crippen molar-refractivity contribution in [3.8, 4) is 0 Å². The van der Waals surface area contributed by atoms with Crippen LogP contribution in [0.15, 0.2) is 53.7 Å². The summed E-state index contributed by atoms with van der Waals surface area (Å²) in [4.78, 5) is 0. The summed E-state index contributed by atoms with van der Waals surface area (Å²) in [6.45, 7) is 0. The predicted molar refractivity (Wildman–Crippen MR) is 91.2 cm³/mol. The van der Waals surface area contributed by atoms with Gasteiger partial charge in [0.2, 0.25) is 0 Å². The van der Waals surface area contributed by atoms with Crippen LogP contribution in [0.3, 0.4) is 0 Å². The zero-order valence-corrected chi connectivity index (χ0v) is 14.1. The highest BCUT2D eigenvalue weighted by Crippen LogP contribution is 2.26. The molecule has 0 bridgehead atoms. The molecule has 2 aromatic carbocycles. The fourth-order valence-electron chi connectivity index (χ4n) is 2.18. The summed E-state index contributed by atoms with van der Waals surface area (Å²) >= 11 is 7.59. The Labute approximate surface area is 143 Å². The van der Waals surface area contributed by atoms with Crippen molar-refractivity contribution in [3.05, 3.63) is 76.3 Å². The first kappa shape index (κ1) is 16.0. The van der Waals surface area contributed by atoms with Crippen LogP contribution in [0.4, 0.5) is 4.39 Å². The van der Waals surface area contributed by atoms with Gasteiger partial charge >= 0.3 is 0 Å². The molecule has 118 valence electrons. The fourth-order valence-corrected chi connectivity index (χ4v) is 3.43. The van der Waals surface area contributed by atoms with E-state index in [1.54, 1.807) is 6.07 Å². The Morgan fingerprint density at radius 2 is 1.91 bits per heavy atom. The van der Waals surface area contributed by atoms with Gasteiger partial charge in [0.15, 0.2) is 5.16 Å². The van der Waals surface area contributed by atoms with Crippen molar-refractivity contribution < 1.29 is 4.39 Å². The summed E-state index contributed by atoms with van der Waals surface area (Å²) in [5.74, 6) is 1.20. The van der Waals surface area contributed by atoms with Gasteiger partial charge in [0, 0.05) is 24.2 Å². The van der Waals surface area contributed by atoms with Gasteiger partial charge in [-0.05, 0) is 23.3 Å². The largest absolute Gasteiger partial charge is 0.309 e. The quantitative estimate of drug-likeness (QED) is 0.637. The Balaban J connectivity index is 1.69. The van der Waals surface area contributed by atoms with E-state index in [0.717, 1.165) is 23.0 Å². The maximum Gasteiger partial charge on any atom is 0.191 e. The molecule has 0 spiro atoms. The van der Waals surface area contributed by atoms with Crippen LogP contribution in [-0.2, 0) is 19.2 Å². The number of aromatic nitrogens is 3. The van der Waals surface area contributed by atoms with Crippen molar-refractivity contribution in [2.45, 2.75) is 17.3 Å². The van der Waals surface area contributed by atoms with E-state index in [-0.39, 0.29) is 5.82 Å². The summed E-state index contributed by atoms with van der Waals surface area (Å²) in [5, 5.41) is 9.74. The van der Waals surface area contributed by atoms with Gasteiger partial charge in [-0.3, -0.25) is 0 Å².